The third-order valence-corrected chi connectivity index (χ3v) is 6.12. The van der Waals surface area contributed by atoms with Crippen molar-refractivity contribution in [1.82, 2.24) is 20.4 Å². The molecule has 1 aromatic carbocycles. The quantitative estimate of drug-likeness (QED) is 0.809. The number of rotatable bonds is 5. The fourth-order valence-corrected chi connectivity index (χ4v) is 4.35. The van der Waals surface area contributed by atoms with E-state index in [0.29, 0.717) is 6.04 Å². The number of piperazine rings is 1. The predicted molar refractivity (Wildman–Crippen MR) is 114 cm³/mol. The normalized spacial score (nSPS) is 19.3. The molecule has 1 aliphatic carbocycles. The Morgan fingerprint density at radius 2 is 1.83 bits per heavy atom. The molecule has 0 spiro atoms. The molecule has 1 amide bonds. The highest BCUT2D eigenvalue weighted by atomic mass is 16.2. The average molecular weight is 396 g/mol. The second kappa shape index (κ2) is 8.78. The van der Waals surface area contributed by atoms with Crippen molar-refractivity contribution >= 4 is 11.6 Å². The molecule has 29 heavy (non-hydrogen) atoms. The van der Waals surface area contributed by atoms with Crippen molar-refractivity contribution < 1.29 is 4.79 Å². The second-order valence-corrected chi connectivity index (χ2v) is 8.02. The minimum atomic E-state index is -0.202. The zero-order valence-corrected chi connectivity index (χ0v) is 16.9. The summed E-state index contributed by atoms with van der Waals surface area (Å²) in [5, 5.41) is 10.1. The largest absolute Gasteiger partial charge is 0.367 e. The van der Waals surface area contributed by atoms with Crippen LogP contribution in [0.4, 0.5) is 5.69 Å². The molecule has 1 atom stereocenters. The fourth-order valence-electron chi connectivity index (χ4n) is 4.35. The van der Waals surface area contributed by atoms with Gasteiger partial charge in [0.25, 0.3) is 5.56 Å². The van der Waals surface area contributed by atoms with Gasteiger partial charge in [0.1, 0.15) is 5.69 Å². The van der Waals surface area contributed by atoms with Gasteiger partial charge in [-0.05, 0) is 19.8 Å². The Morgan fingerprint density at radius 3 is 2.52 bits per heavy atom. The minimum absolute atomic E-state index is 0.133. The van der Waals surface area contributed by atoms with E-state index in [2.05, 4.69) is 25.3 Å². The molecule has 0 unspecified atom stereocenters. The summed E-state index contributed by atoms with van der Waals surface area (Å²) < 4.78 is 0. The maximum absolute atomic E-state index is 12.6. The van der Waals surface area contributed by atoms with Crippen molar-refractivity contribution in [3.63, 3.8) is 0 Å². The van der Waals surface area contributed by atoms with Crippen LogP contribution in [0.5, 0.6) is 0 Å². The molecule has 0 bridgehead atoms. The number of nitrogens with one attached hydrogen (secondary N) is 2. The van der Waals surface area contributed by atoms with Crippen molar-refractivity contribution in [2.75, 3.05) is 31.1 Å². The highest BCUT2D eigenvalue weighted by Crippen LogP contribution is 2.28. The number of carbonyl (C=O) groups is 1. The number of carbonyl (C=O) groups excluding carboxylic acids is 1. The van der Waals surface area contributed by atoms with E-state index < -0.39 is 0 Å². The minimum Gasteiger partial charge on any atom is -0.367 e. The summed E-state index contributed by atoms with van der Waals surface area (Å²) >= 11 is 0. The Labute approximate surface area is 171 Å². The number of benzene rings is 1. The van der Waals surface area contributed by atoms with Gasteiger partial charge >= 0.3 is 0 Å². The first-order valence-corrected chi connectivity index (χ1v) is 10.6. The lowest BCUT2D eigenvalue weighted by Crippen LogP contribution is -2.55. The van der Waals surface area contributed by atoms with E-state index in [4.69, 9.17) is 0 Å². The van der Waals surface area contributed by atoms with Crippen molar-refractivity contribution in [2.24, 2.45) is 0 Å². The van der Waals surface area contributed by atoms with Gasteiger partial charge in [-0.3, -0.25) is 14.5 Å². The zero-order chi connectivity index (χ0) is 20.2. The van der Waals surface area contributed by atoms with Crippen molar-refractivity contribution in [1.29, 1.82) is 0 Å². The molecule has 7 nitrogen and oxygen atoms in total. The monoisotopic (exact) mass is 395 g/mol. The molecule has 2 heterocycles. The summed E-state index contributed by atoms with van der Waals surface area (Å²) in [6, 6.07) is 11.7. The summed E-state index contributed by atoms with van der Waals surface area (Å²) in [5.41, 5.74) is 2.41. The molecule has 2 N–H and O–H groups in total. The van der Waals surface area contributed by atoms with Gasteiger partial charge in [0.05, 0.1) is 11.7 Å². The van der Waals surface area contributed by atoms with Gasteiger partial charge in [-0.15, -0.1) is 0 Å². The van der Waals surface area contributed by atoms with Gasteiger partial charge in [0, 0.05) is 43.9 Å². The lowest BCUT2D eigenvalue weighted by molar-refractivity contribution is -0.126. The Kier molecular flexibility index (Phi) is 5.94. The van der Waals surface area contributed by atoms with Gasteiger partial charge in [-0.2, -0.15) is 5.10 Å². The van der Waals surface area contributed by atoms with Crippen LogP contribution in [-0.4, -0.2) is 59.3 Å². The molecule has 2 fully saturated rings. The van der Waals surface area contributed by atoms with E-state index in [0.717, 1.165) is 56.0 Å². The Hall–Kier alpha value is -2.67. The van der Waals surface area contributed by atoms with Crippen LogP contribution in [0.2, 0.25) is 0 Å². The average Bonchev–Trinajstić information content (AvgIpc) is 3.27. The lowest BCUT2D eigenvalue weighted by Gasteiger charge is -2.39. The second-order valence-electron chi connectivity index (χ2n) is 8.02. The summed E-state index contributed by atoms with van der Waals surface area (Å²) in [6.45, 7) is 5.06. The Morgan fingerprint density at radius 1 is 1.14 bits per heavy atom. The molecule has 7 heteroatoms. The highest BCUT2D eigenvalue weighted by Gasteiger charge is 2.28. The molecule has 154 valence electrons. The first-order chi connectivity index (χ1) is 14.1. The van der Waals surface area contributed by atoms with Crippen molar-refractivity contribution in [3.05, 3.63) is 46.8 Å². The SMILES string of the molecule is C[C@H](C(=O)NC1CCCC1)N1CCN(c2cc(=O)[nH]nc2-c2ccccc2)CC1. The number of anilines is 1. The Balaban J connectivity index is 1.42. The molecular formula is C22H29N5O2. The van der Waals surface area contributed by atoms with Gasteiger partial charge in [0.2, 0.25) is 5.91 Å². The topological polar surface area (TPSA) is 81.3 Å². The number of H-pyrrole nitrogens is 1. The molecule has 1 saturated carbocycles. The van der Waals surface area contributed by atoms with Crippen LogP contribution < -0.4 is 15.8 Å². The summed E-state index contributed by atoms with van der Waals surface area (Å²) in [5.74, 6) is 0.133. The maximum Gasteiger partial charge on any atom is 0.266 e. The van der Waals surface area contributed by atoms with Crippen LogP contribution >= 0.6 is 0 Å². The third-order valence-electron chi connectivity index (χ3n) is 6.12. The fraction of sp³-hybridized carbons (Fsp3) is 0.500. The van der Waals surface area contributed by atoms with Crippen LogP contribution in [0, 0.1) is 0 Å². The van der Waals surface area contributed by atoms with Crippen LogP contribution in [0.15, 0.2) is 41.2 Å². The molecule has 4 rings (SSSR count). The summed E-state index contributed by atoms with van der Waals surface area (Å²) in [4.78, 5) is 29.0. The molecule has 1 aromatic heterocycles. The number of aromatic nitrogens is 2. The molecular weight excluding hydrogens is 366 g/mol. The number of amides is 1. The smallest absolute Gasteiger partial charge is 0.266 e. The predicted octanol–water partition coefficient (Wildman–Crippen LogP) is 2.01. The number of nitrogens with zero attached hydrogens (tertiary/aromatic N) is 3. The highest BCUT2D eigenvalue weighted by molar-refractivity contribution is 5.81. The van der Waals surface area contributed by atoms with Gasteiger partial charge in [-0.25, -0.2) is 5.10 Å². The van der Waals surface area contributed by atoms with Crippen LogP contribution in [0.1, 0.15) is 32.6 Å². The molecule has 0 radical (unpaired) electrons. The zero-order valence-electron chi connectivity index (χ0n) is 16.9. The van der Waals surface area contributed by atoms with Crippen LogP contribution in [-0.2, 0) is 4.79 Å². The van der Waals surface area contributed by atoms with Gasteiger partial charge < -0.3 is 10.2 Å². The van der Waals surface area contributed by atoms with Crippen LogP contribution in [0.3, 0.4) is 0 Å². The molecule has 2 aliphatic rings. The van der Waals surface area contributed by atoms with Crippen molar-refractivity contribution in [3.8, 4) is 11.3 Å². The molecule has 1 aliphatic heterocycles. The van der Waals surface area contributed by atoms with E-state index in [-0.39, 0.29) is 17.5 Å². The number of aromatic amines is 1. The number of hydrogen-bond acceptors (Lipinski definition) is 5. The van der Waals surface area contributed by atoms with Gasteiger partial charge in [-0.1, -0.05) is 43.2 Å². The van der Waals surface area contributed by atoms with E-state index >= 15 is 0 Å². The van der Waals surface area contributed by atoms with Gasteiger partial charge in [0.15, 0.2) is 0 Å². The maximum atomic E-state index is 12.6. The molecule has 1 saturated heterocycles. The standard InChI is InChI=1S/C22H29N5O2/c1-16(22(29)23-18-9-5-6-10-18)26-11-13-27(14-12-26)19-15-20(28)24-25-21(19)17-7-3-2-4-8-17/h2-4,7-8,15-16,18H,5-6,9-14H2,1H3,(H,23,29)(H,24,28)/t16-/m1/s1. The Bertz CT molecular complexity index is 884. The summed E-state index contributed by atoms with van der Waals surface area (Å²) in [6.07, 6.45) is 4.63. The van der Waals surface area contributed by atoms with E-state index in [1.54, 1.807) is 6.07 Å². The lowest BCUT2D eigenvalue weighted by atomic mass is 10.1. The van der Waals surface area contributed by atoms with E-state index in [1.165, 1.54) is 12.8 Å². The summed E-state index contributed by atoms with van der Waals surface area (Å²) in [7, 11) is 0. The van der Waals surface area contributed by atoms with E-state index in [1.807, 2.05) is 37.3 Å². The first kappa shape index (κ1) is 19.6. The first-order valence-electron chi connectivity index (χ1n) is 10.6. The molecule has 2 aromatic rings. The number of hydrogen-bond donors (Lipinski definition) is 2. The third kappa shape index (κ3) is 4.50. The van der Waals surface area contributed by atoms with Crippen LogP contribution in [0.25, 0.3) is 11.3 Å². The van der Waals surface area contributed by atoms with Crippen molar-refractivity contribution in [2.45, 2.75) is 44.7 Å². The van der Waals surface area contributed by atoms with E-state index in [9.17, 15) is 9.59 Å².